The summed E-state index contributed by atoms with van der Waals surface area (Å²) in [5.41, 5.74) is 4.44. The second-order valence-electron chi connectivity index (χ2n) is 3.09. The van der Waals surface area contributed by atoms with Crippen molar-refractivity contribution in [2.24, 2.45) is 5.73 Å². The maximum atomic E-state index is 10.8. The summed E-state index contributed by atoms with van der Waals surface area (Å²) >= 11 is 0. The Morgan fingerprint density at radius 1 is 1.80 bits per heavy atom. The van der Waals surface area contributed by atoms with Gasteiger partial charge in [0.15, 0.2) is 5.78 Å². The van der Waals surface area contributed by atoms with Crippen LogP contribution in [-0.2, 0) is 4.79 Å². The smallest absolute Gasteiger partial charge is 0.161 e. The molecule has 3 nitrogen and oxygen atoms in total. The van der Waals surface area contributed by atoms with Crippen LogP contribution in [0.15, 0.2) is 0 Å². The summed E-state index contributed by atoms with van der Waals surface area (Å²) in [6.07, 6.45) is 1.72. The molecule has 0 aliphatic heterocycles. The van der Waals surface area contributed by atoms with Crippen molar-refractivity contribution >= 4 is 5.78 Å². The highest BCUT2D eigenvalue weighted by molar-refractivity contribution is 5.85. The number of carbonyl (C=O) groups is 1. The molecule has 3 heteroatoms. The van der Waals surface area contributed by atoms with E-state index in [1.807, 2.05) is 0 Å². The van der Waals surface area contributed by atoms with Crippen LogP contribution in [0.25, 0.3) is 0 Å². The lowest BCUT2D eigenvalue weighted by molar-refractivity contribution is -0.134. The van der Waals surface area contributed by atoms with Crippen LogP contribution in [0.2, 0.25) is 0 Å². The van der Waals surface area contributed by atoms with Gasteiger partial charge in [-0.3, -0.25) is 4.79 Å². The fourth-order valence-electron chi connectivity index (χ4n) is 1.38. The lowest BCUT2D eigenvalue weighted by Gasteiger charge is -2.17. The van der Waals surface area contributed by atoms with E-state index in [9.17, 15) is 9.90 Å². The molecular formula is C7H13NO2. The molecule has 1 aliphatic rings. The van der Waals surface area contributed by atoms with Crippen molar-refractivity contribution in [3.05, 3.63) is 0 Å². The summed E-state index contributed by atoms with van der Waals surface area (Å²) in [6.45, 7) is 1.41. The molecule has 1 aliphatic carbocycles. The fourth-order valence-corrected chi connectivity index (χ4v) is 1.38. The average molecular weight is 143 g/mol. The number of carbonyl (C=O) groups excluding carboxylic acids is 1. The minimum atomic E-state index is -1.10. The maximum Gasteiger partial charge on any atom is 0.161 e. The lowest BCUT2D eigenvalue weighted by atomic mass is 9.98. The van der Waals surface area contributed by atoms with Crippen LogP contribution in [0.4, 0.5) is 0 Å². The first kappa shape index (κ1) is 7.69. The van der Waals surface area contributed by atoms with Gasteiger partial charge in [-0.1, -0.05) is 0 Å². The zero-order valence-corrected chi connectivity index (χ0v) is 6.13. The minimum Gasteiger partial charge on any atom is -0.382 e. The van der Waals surface area contributed by atoms with Crippen LogP contribution in [0.1, 0.15) is 26.2 Å². The quantitative estimate of drug-likeness (QED) is 0.535. The molecule has 0 bridgehead atoms. The number of hydrogen-bond acceptors (Lipinski definition) is 3. The van der Waals surface area contributed by atoms with Gasteiger partial charge in [0.05, 0.1) is 0 Å². The Balaban J connectivity index is 2.63. The Labute approximate surface area is 60.2 Å². The number of nitrogens with two attached hydrogens (primary N) is 1. The summed E-state index contributed by atoms with van der Waals surface area (Å²) in [7, 11) is 0. The highest BCUT2D eigenvalue weighted by atomic mass is 16.3. The van der Waals surface area contributed by atoms with Crippen molar-refractivity contribution in [2.45, 2.75) is 37.8 Å². The second-order valence-corrected chi connectivity index (χ2v) is 3.09. The summed E-state index contributed by atoms with van der Waals surface area (Å²) in [5, 5.41) is 9.51. The molecule has 0 saturated heterocycles. The number of Topliss-reactive ketones (excluding diaryl/α,β-unsaturated/α-hetero) is 1. The number of ketones is 1. The van der Waals surface area contributed by atoms with Crippen molar-refractivity contribution in [3.63, 3.8) is 0 Å². The third kappa shape index (κ3) is 1.20. The van der Waals surface area contributed by atoms with Crippen molar-refractivity contribution in [1.82, 2.24) is 0 Å². The van der Waals surface area contributed by atoms with Crippen molar-refractivity contribution in [3.8, 4) is 0 Å². The molecule has 0 heterocycles. The molecule has 1 saturated carbocycles. The lowest BCUT2D eigenvalue weighted by Crippen LogP contribution is -2.35. The van der Waals surface area contributed by atoms with Gasteiger partial charge in [-0.05, 0) is 26.2 Å². The topological polar surface area (TPSA) is 63.3 Å². The first-order valence-corrected chi connectivity index (χ1v) is 3.53. The van der Waals surface area contributed by atoms with Crippen LogP contribution in [0.5, 0.6) is 0 Å². The molecule has 2 atom stereocenters. The monoisotopic (exact) mass is 143 g/mol. The molecule has 3 N–H and O–H groups in total. The molecule has 58 valence electrons. The predicted molar refractivity (Wildman–Crippen MR) is 37.5 cm³/mol. The fraction of sp³-hybridized carbons (Fsp3) is 0.857. The van der Waals surface area contributed by atoms with Gasteiger partial charge in [0.1, 0.15) is 5.60 Å². The van der Waals surface area contributed by atoms with Gasteiger partial charge in [-0.25, -0.2) is 0 Å². The van der Waals surface area contributed by atoms with Gasteiger partial charge in [0.2, 0.25) is 0 Å². The number of rotatable bonds is 1. The molecule has 0 aromatic carbocycles. The molecule has 0 radical (unpaired) electrons. The van der Waals surface area contributed by atoms with E-state index < -0.39 is 5.60 Å². The summed E-state index contributed by atoms with van der Waals surface area (Å²) in [5.74, 6) is -0.152. The normalized spacial score (nSPS) is 40.1. The van der Waals surface area contributed by atoms with Gasteiger partial charge in [0.25, 0.3) is 0 Å². The molecule has 0 unspecified atom stereocenters. The Kier molecular flexibility index (Phi) is 1.79. The van der Waals surface area contributed by atoms with E-state index in [0.29, 0.717) is 12.8 Å². The van der Waals surface area contributed by atoms with Gasteiger partial charge < -0.3 is 10.8 Å². The van der Waals surface area contributed by atoms with Gasteiger partial charge >= 0.3 is 0 Å². The summed E-state index contributed by atoms with van der Waals surface area (Å²) in [6, 6.07) is 0.00824. The highest BCUT2D eigenvalue weighted by Crippen LogP contribution is 2.29. The van der Waals surface area contributed by atoms with Crippen LogP contribution in [-0.4, -0.2) is 22.5 Å². The zero-order chi connectivity index (χ0) is 7.78. The number of hydrogen-bond donors (Lipinski definition) is 2. The van der Waals surface area contributed by atoms with Crippen LogP contribution < -0.4 is 5.73 Å². The second kappa shape index (κ2) is 2.32. The minimum absolute atomic E-state index is 0.00824. The van der Waals surface area contributed by atoms with Gasteiger partial charge in [-0.15, -0.1) is 0 Å². The van der Waals surface area contributed by atoms with E-state index in [2.05, 4.69) is 0 Å². The van der Waals surface area contributed by atoms with Crippen LogP contribution in [0.3, 0.4) is 0 Å². The average Bonchev–Trinajstić information content (AvgIpc) is 2.13. The first-order valence-electron chi connectivity index (χ1n) is 3.53. The molecule has 1 fully saturated rings. The first-order chi connectivity index (χ1) is 4.54. The van der Waals surface area contributed by atoms with E-state index in [-0.39, 0.29) is 11.8 Å². The predicted octanol–water partition coefficient (Wildman–Crippen LogP) is -0.182. The molecule has 0 spiro atoms. The molecule has 0 amide bonds. The maximum absolute atomic E-state index is 10.8. The molecule has 0 aromatic heterocycles. The standard InChI is InChI=1S/C7H13NO2/c1-5(9)7(10)3-2-6(8)4-7/h6,10H,2-4,8H2,1H3/t6-,7-/m1/s1. The Morgan fingerprint density at radius 2 is 2.40 bits per heavy atom. The summed E-state index contributed by atoms with van der Waals surface area (Å²) < 4.78 is 0. The Morgan fingerprint density at radius 3 is 2.60 bits per heavy atom. The molecular weight excluding hydrogens is 130 g/mol. The van der Waals surface area contributed by atoms with Gasteiger partial charge in [0, 0.05) is 6.04 Å². The van der Waals surface area contributed by atoms with Crippen LogP contribution >= 0.6 is 0 Å². The van der Waals surface area contributed by atoms with E-state index in [4.69, 9.17) is 5.73 Å². The van der Waals surface area contributed by atoms with E-state index in [0.717, 1.165) is 6.42 Å². The largest absolute Gasteiger partial charge is 0.382 e. The SMILES string of the molecule is CC(=O)[C@@]1(O)CC[C@@H](N)C1. The molecule has 10 heavy (non-hydrogen) atoms. The Hall–Kier alpha value is -0.410. The zero-order valence-electron chi connectivity index (χ0n) is 6.13. The third-order valence-electron chi connectivity index (χ3n) is 2.18. The van der Waals surface area contributed by atoms with E-state index in [1.165, 1.54) is 6.92 Å². The third-order valence-corrected chi connectivity index (χ3v) is 2.18. The van der Waals surface area contributed by atoms with Gasteiger partial charge in [-0.2, -0.15) is 0 Å². The molecule has 0 aromatic rings. The van der Waals surface area contributed by atoms with Crippen molar-refractivity contribution < 1.29 is 9.90 Å². The van der Waals surface area contributed by atoms with E-state index in [1.54, 1.807) is 0 Å². The number of aliphatic hydroxyl groups is 1. The summed E-state index contributed by atoms with van der Waals surface area (Å²) in [4.78, 5) is 10.8. The molecule has 1 rings (SSSR count). The van der Waals surface area contributed by atoms with Crippen molar-refractivity contribution in [2.75, 3.05) is 0 Å². The van der Waals surface area contributed by atoms with E-state index >= 15 is 0 Å². The Bertz CT molecular complexity index is 158. The van der Waals surface area contributed by atoms with Crippen LogP contribution in [0, 0.1) is 0 Å². The van der Waals surface area contributed by atoms with Crippen molar-refractivity contribution in [1.29, 1.82) is 0 Å². The highest BCUT2D eigenvalue weighted by Gasteiger charge is 2.39.